The average Bonchev–Trinajstić information content (AvgIpc) is 3.02. The predicted octanol–water partition coefficient (Wildman–Crippen LogP) is 4.34. The molecule has 0 amide bonds. The first kappa shape index (κ1) is 23.4. The molecule has 2 aromatic rings. The van der Waals surface area contributed by atoms with Crippen molar-refractivity contribution in [3.8, 4) is 0 Å². The SMILES string of the molecule is Cc1ccc(C=NC(C)(C)C)[n-]1.Cc1ccc(C=NC(C)(C)C)[n-]1.[Mn+2]. The molecule has 0 aliphatic rings. The Morgan fingerprint density at radius 2 is 1.00 bits per heavy atom. The summed E-state index contributed by atoms with van der Waals surface area (Å²) in [5, 5.41) is 0. The van der Waals surface area contributed by atoms with Gasteiger partial charge in [0.25, 0.3) is 0 Å². The molecule has 137 valence electrons. The third-order valence-corrected chi connectivity index (χ3v) is 2.77. The molecule has 1 radical (unpaired) electrons. The third kappa shape index (κ3) is 11.6. The van der Waals surface area contributed by atoms with Gasteiger partial charge >= 0.3 is 17.1 Å². The Balaban J connectivity index is 0.000000443. The van der Waals surface area contributed by atoms with Gasteiger partial charge in [-0.25, -0.2) is 0 Å². The quantitative estimate of drug-likeness (QED) is 0.574. The zero-order chi connectivity index (χ0) is 18.4. The van der Waals surface area contributed by atoms with Gasteiger partial charge in [0, 0.05) is 12.4 Å². The molecule has 4 nitrogen and oxygen atoms in total. The van der Waals surface area contributed by atoms with E-state index in [9.17, 15) is 0 Å². The minimum atomic E-state index is -0.00709. The van der Waals surface area contributed by atoms with Gasteiger partial charge in [0.15, 0.2) is 0 Å². The second kappa shape index (κ2) is 9.79. The number of rotatable bonds is 2. The van der Waals surface area contributed by atoms with Crippen LogP contribution in [-0.2, 0) is 17.1 Å². The Labute approximate surface area is 163 Å². The van der Waals surface area contributed by atoms with Gasteiger partial charge in [0.1, 0.15) is 0 Å². The topological polar surface area (TPSA) is 52.9 Å². The molecule has 2 rings (SSSR count). The van der Waals surface area contributed by atoms with Crippen molar-refractivity contribution < 1.29 is 17.1 Å². The summed E-state index contributed by atoms with van der Waals surface area (Å²) in [6.07, 6.45) is 3.65. The number of hydrogen-bond acceptors (Lipinski definition) is 2. The average molecular weight is 381 g/mol. The summed E-state index contributed by atoms with van der Waals surface area (Å²) in [6.45, 7) is 16.4. The van der Waals surface area contributed by atoms with Gasteiger partial charge in [-0.2, -0.15) is 11.4 Å². The second-order valence-electron chi connectivity index (χ2n) is 7.88. The third-order valence-electron chi connectivity index (χ3n) is 2.77. The van der Waals surface area contributed by atoms with E-state index in [1.165, 1.54) is 0 Å². The van der Waals surface area contributed by atoms with E-state index < -0.39 is 0 Å². The number of nitrogens with zero attached hydrogens (tertiary/aromatic N) is 4. The minimum Gasteiger partial charge on any atom is -0.660 e. The predicted molar refractivity (Wildman–Crippen MR) is 104 cm³/mol. The van der Waals surface area contributed by atoms with Gasteiger partial charge in [-0.3, -0.25) is 9.98 Å². The molecule has 0 saturated heterocycles. The fraction of sp³-hybridized carbons (Fsp3) is 0.500. The first-order chi connectivity index (χ1) is 10.9. The van der Waals surface area contributed by atoms with E-state index in [1.807, 2.05) is 50.5 Å². The van der Waals surface area contributed by atoms with Crippen molar-refractivity contribution >= 4 is 12.4 Å². The normalized spacial score (nSPS) is 12.2. The maximum absolute atomic E-state index is 4.35. The van der Waals surface area contributed by atoms with Gasteiger partial charge in [0.05, 0.1) is 11.1 Å². The van der Waals surface area contributed by atoms with Crippen LogP contribution in [0.15, 0.2) is 34.3 Å². The standard InChI is InChI=1S/2C10H15N2.Mn/c2*1-8-5-6-9(12-8)7-11-10(2,3)4;/h2*5-7H,1-4H3;/q2*-1;+2. The molecule has 0 bridgehead atoms. The first-order valence-corrected chi connectivity index (χ1v) is 8.26. The Morgan fingerprint density at radius 3 is 1.20 bits per heavy atom. The molecule has 2 heterocycles. The van der Waals surface area contributed by atoms with E-state index in [4.69, 9.17) is 0 Å². The summed E-state index contributed by atoms with van der Waals surface area (Å²) in [5.74, 6) is 0. The molecule has 0 atom stereocenters. The summed E-state index contributed by atoms with van der Waals surface area (Å²) in [6, 6.07) is 7.93. The molecule has 0 aromatic carbocycles. The summed E-state index contributed by atoms with van der Waals surface area (Å²) in [4.78, 5) is 17.2. The number of aryl methyl sites for hydroxylation is 2. The first-order valence-electron chi connectivity index (χ1n) is 8.26. The maximum atomic E-state index is 4.35. The van der Waals surface area contributed by atoms with Crippen LogP contribution in [0.2, 0.25) is 0 Å². The molecule has 0 aliphatic carbocycles. The van der Waals surface area contributed by atoms with Crippen molar-refractivity contribution in [1.29, 1.82) is 0 Å². The number of hydrogen-bond donors (Lipinski definition) is 0. The van der Waals surface area contributed by atoms with Crippen LogP contribution in [0.25, 0.3) is 0 Å². The van der Waals surface area contributed by atoms with Gasteiger partial charge < -0.3 is 9.97 Å². The molecule has 2 aromatic heterocycles. The van der Waals surface area contributed by atoms with Crippen LogP contribution in [0.3, 0.4) is 0 Å². The Bertz CT molecular complexity index is 619. The largest absolute Gasteiger partial charge is 2.00 e. The molecule has 0 spiro atoms. The van der Waals surface area contributed by atoms with Crippen LogP contribution in [0.1, 0.15) is 64.3 Å². The van der Waals surface area contributed by atoms with Crippen LogP contribution >= 0.6 is 0 Å². The Morgan fingerprint density at radius 1 is 0.680 bits per heavy atom. The molecule has 0 saturated carbocycles. The number of aliphatic imine (C=N–C) groups is 2. The van der Waals surface area contributed by atoms with Gasteiger partial charge in [-0.15, -0.1) is 11.4 Å². The van der Waals surface area contributed by atoms with Crippen molar-refractivity contribution in [2.75, 3.05) is 0 Å². The number of aromatic nitrogens is 2. The van der Waals surface area contributed by atoms with Gasteiger partial charge in [-0.1, -0.05) is 38.1 Å². The smallest absolute Gasteiger partial charge is 0.660 e. The molecular weight excluding hydrogens is 351 g/mol. The van der Waals surface area contributed by atoms with Crippen molar-refractivity contribution in [2.24, 2.45) is 9.98 Å². The van der Waals surface area contributed by atoms with E-state index in [0.717, 1.165) is 22.8 Å². The summed E-state index contributed by atoms with van der Waals surface area (Å²) < 4.78 is 0. The zero-order valence-corrected chi connectivity index (χ0v) is 17.8. The van der Waals surface area contributed by atoms with E-state index in [0.29, 0.717) is 0 Å². The van der Waals surface area contributed by atoms with Gasteiger partial charge in [0.2, 0.25) is 0 Å². The Hall–Kier alpha value is -1.58. The monoisotopic (exact) mass is 381 g/mol. The fourth-order valence-electron chi connectivity index (χ4n) is 1.63. The zero-order valence-electron chi connectivity index (χ0n) is 16.6. The molecule has 25 heavy (non-hydrogen) atoms. The summed E-state index contributed by atoms with van der Waals surface area (Å²) >= 11 is 0. The van der Waals surface area contributed by atoms with E-state index in [2.05, 4.69) is 61.5 Å². The summed E-state index contributed by atoms with van der Waals surface area (Å²) in [7, 11) is 0. The molecule has 0 unspecified atom stereocenters. The maximum Gasteiger partial charge on any atom is 2.00 e. The molecule has 0 N–H and O–H groups in total. The second-order valence-corrected chi connectivity index (χ2v) is 7.88. The fourth-order valence-corrected chi connectivity index (χ4v) is 1.63. The molecular formula is C20H30MnN4. The van der Waals surface area contributed by atoms with Crippen LogP contribution in [-0.4, -0.2) is 23.5 Å². The van der Waals surface area contributed by atoms with Crippen LogP contribution < -0.4 is 9.97 Å². The van der Waals surface area contributed by atoms with Crippen molar-refractivity contribution in [3.05, 3.63) is 47.0 Å². The summed E-state index contributed by atoms with van der Waals surface area (Å²) in [5.41, 5.74) is 3.97. The van der Waals surface area contributed by atoms with E-state index >= 15 is 0 Å². The van der Waals surface area contributed by atoms with Crippen LogP contribution in [0.5, 0.6) is 0 Å². The van der Waals surface area contributed by atoms with E-state index in [1.54, 1.807) is 0 Å². The Kier molecular flexibility index (Phi) is 9.17. The van der Waals surface area contributed by atoms with Crippen molar-refractivity contribution in [2.45, 2.75) is 66.5 Å². The van der Waals surface area contributed by atoms with Crippen LogP contribution in [0, 0.1) is 13.8 Å². The van der Waals surface area contributed by atoms with Crippen molar-refractivity contribution in [1.82, 2.24) is 9.97 Å². The van der Waals surface area contributed by atoms with Crippen LogP contribution in [0.4, 0.5) is 0 Å². The van der Waals surface area contributed by atoms with Gasteiger partial charge in [-0.05, 0) is 41.5 Å². The minimum absolute atomic E-state index is 0. The van der Waals surface area contributed by atoms with E-state index in [-0.39, 0.29) is 28.1 Å². The molecule has 5 heteroatoms. The molecule has 0 aliphatic heterocycles. The van der Waals surface area contributed by atoms with Crippen molar-refractivity contribution in [3.63, 3.8) is 0 Å². The molecule has 0 fully saturated rings.